The first-order chi connectivity index (χ1) is 8.66. The Morgan fingerprint density at radius 3 is 2.39 bits per heavy atom. The molecule has 18 heavy (non-hydrogen) atoms. The molecule has 0 aliphatic heterocycles. The van der Waals surface area contributed by atoms with Gasteiger partial charge in [-0.05, 0) is 12.1 Å². The van der Waals surface area contributed by atoms with Crippen LogP contribution in [0.25, 0.3) is 11.3 Å². The largest absolute Gasteiger partial charge is 0.304 e. The van der Waals surface area contributed by atoms with Crippen LogP contribution in [0.3, 0.4) is 0 Å². The third-order valence-corrected chi connectivity index (χ3v) is 2.38. The molecule has 90 valence electrons. The number of anilines is 1. The Morgan fingerprint density at radius 1 is 1.00 bits per heavy atom. The van der Waals surface area contributed by atoms with Crippen LogP contribution in [0, 0.1) is 0 Å². The Labute approximate surface area is 105 Å². The smallest absolute Gasteiger partial charge is 0.292 e. The molecule has 2 rings (SSSR count). The van der Waals surface area contributed by atoms with Gasteiger partial charge >= 0.3 is 0 Å². The van der Waals surface area contributed by atoms with Crippen LogP contribution in [0.2, 0.25) is 0 Å². The summed E-state index contributed by atoms with van der Waals surface area (Å²) < 4.78 is 0. The van der Waals surface area contributed by atoms with Gasteiger partial charge in [0.05, 0.1) is 5.69 Å². The van der Waals surface area contributed by atoms with E-state index in [2.05, 4.69) is 10.3 Å². The predicted molar refractivity (Wildman–Crippen MR) is 69.0 cm³/mol. The average Bonchev–Trinajstić information content (AvgIpc) is 2.40. The van der Waals surface area contributed by atoms with Gasteiger partial charge in [-0.2, -0.15) is 0 Å². The second-order valence-electron chi connectivity index (χ2n) is 3.78. The number of nitrogens with zero attached hydrogens (tertiary/aromatic N) is 1. The topological polar surface area (TPSA) is 59.1 Å². The van der Waals surface area contributed by atoms with E-state index in [1.165, 1.54) is 6.92 Å². The molecule has 4 heteroatoms. The second-order valence-corrected chi connectivity index (χ2v) is 3.78. The Balaban J connectivity index is 2.26. The third kappa shape index (κ3) is 2.79. The lowest BCUT2D eigenvalue weighted by atomic mass is 10.1. The van der Waals surface area contributed by atoms with Crippen molar-refractivity contribution in [3.63, 3.8) is 0 Å². The van der Waals surface area contributed by atoms with Crippen molar-refractivity contribution < 1.29 is 9.59 Å². The number of amides is 1. The fraction of sp³-hybridized carbons (Fsp3) is 0.0714. The molecule has 0 saturated carbocycles. The van der Waals surface area contributed by atoms with Crippen molar-refractivity contribution in [2.24, 2.45) is 0 Å². The van der Waals surface area contributed by atoms with E-state index < -0.39 is 11.7 Å². The maximum absolute atomic E-state index is 11.3. The summed E-state index contributed by atoms with van der Waals surface area (Å²) in [6, 6.07) is 14.9. The van der Waals surface area contributed by atoms with Gasteiger partial charge in [-0.25, -0.2) is 4.98 Å². The first kappa shape index (κ1) is 12.0. The number of nitrogens with one attached hydrogen (secondary N) is 1. The summed E-state index contributed by atoms with van der Waals surface area (Å²) in [6.07, 6.45) is 0. The zero-order valence-corrected chi connectivity index (χ0v) is 9.88. The van der Waals surface area contributed by atoms with Crippen LogP contribution < -0.4 is 5.32 Å². The van der Waals surface area contributed by atoms with E-state index in [1.807, 2.05) is 36.4 Å². The molecule has 0 spiro atoms. The maximum atomic E-state index is 11.3. The Bertz CT molecular complexity index is 579. The summed E-state index contributed by atoms with van der Waals surface area (Å²) in [5.41, 5.74) is 1.70. The zero-order chi connectivity index (χ0) is 13.0. The van der Waals surface area contributed by atoms with Crippen molar-refractivity contribution >= 4 is 17.5 Å². The van der Waals surface area contributed by atoms with Crippen molar-refractivity contribution in [2.45, 2.75) is 6.92 Å². The highest BCUT2D eigenvalue weighted by molar-refractivity contribution is 6.39. The molecule has 0 aliphatic rings. The first-order valence-electron chi connectivity index (χ1n) is 5.51. The van der Waals surface area contributed by atoms with Gasteiger partial charge in [0.15, 0.2) is 0 Å². The summed E-state index contributed by atoms with van der Waals surface area (Å²) in [5.74, 6) is -0.828. The van der Waals surface area contributed by atoms with Crippen LogP contribution in [0.15, 0.2) is 48.5 Å². The van der Waals surface area contributed by atoms with Crippen LogP contribution in [0.1, 0.15) is 6.92 Å². The number of hydrogen-bond acceptors (Lipinski definition) is 3. The lowest BCUT2D eigenvalue weighted by molar-refractivity contribution is -0.133. The quantitative estimate of drug-likeness (QED) is 0.837. The normalized spacial score (nSPS) is 9.83. The van der Waals surface area contributed by atoms with E-state index in [9.17, 15) is 9.59 Å². The molecule has 1 N–H and O–H groups in total. The van der Waals surface area contributed by atoms with Crippen LogP contribution in [-0.4, -0.2) is 16.7 Å². The molecule has 0 fully saturated rings. The number of carbonyl (C=O) groups is 2. The van der Waals surface area contributed by atoms with E-state index in [0.717, 1.165) is 11.3 Å². The van der Waals surface area contributed by atoms with Crippen molar-refractivity contribution in [1.82, 2.24) is 4.98 Å². The highest BCUT2D eigenvalue weighted by Gasteiger charge is 2.08. The molecule has 1 aromatic carbocycles. The second kappa shape index (κ2) is 5.23. The molecular weight excluding hydrogens is 228 g/mol. The van der Waals surface area contributed by atoms with Crippen molar-refractivity contribution in [3.8, 4) is 11.3 Å². The van der Waals surface area contributed by atoms with Gasteiger partial charge in [0.1, 0.15) is 5.82 Å². The Hall–Kier alpha value is -2.49. The van der Waals surface area contributed by atoms with E-state index in [-0.39, 0.29) is 0 Å². The molecule has 4 nitrogen and oxygen atoms in total. The number of benzene rings is 1. The molecule has 1 heterocycles. The van der Waals surface area contributed by atoms with Gasteiger partial charge in [-0.3, -0.25) is 9.59 Å². The lowest BCUT2D eigenvalue weighted by Gasteiger charge is -2.05. The molecule has 1 aromatic heterocycles. The van der Waals surface area contributed by atoms with Gasteiger partial charge in [-0.15, -0.1) is 0 Å². The summed E-state index contributed by atoms with van der Waals surface area (Å²) in [5, 5.41) is 2.45. The summed E-state index contributed by atoms with van der Waals surface area (Å²) in [6.45, 7) is 1.22. The Kier molecular flexibility index (Phi) is 3.48. The molecule has 0 radical (unpaired) electrons. The number of Topliss-reactive ketones (excluding diaryl/α,β-unsaturated/α-hetero) is 1. The SMILES string of the molecule is CC(=O)C(=O)Nc1cccc(-c2ccccc2)n1. The third-order valence-electron chi connectivity index (χ3n) is 2.38. The van der Waals surface area contributed by atoms with E-state index >= 15 is 0 Å². The van der Waals surface area contributed by atoms with Gasteiger partial charge in [-0.1, -0.05) is 36.4 Å². The molecular formula is C14H12N2O2. The summed E-state index contributed by atoms with van der Waals surface area (Å²) in [4.78, 5) is 26.4. The fourth-order valence-electron chi connectivity index (χ4n) is 1.48. The molecule has 0 aliphatic carbocycles. The minimum Gasteiger partial charge on any atom is -0.304 e. The Morgan fingerprint density at radius 2 is 1.72 bits per heavy atom. The predicted octanol–water partition coefficient (Wildman–Crippen LogP) is 2.28. The number of carbonyl (C=O) groups excluding carboxylic acids is 2. The summed E-state index contributed by atoms with van der Waals surface area (Å²) in [7, 11) is 0. The van der Waals surface area contributed by atoms with Crippen molar-refractivity contribution in [2.75, 3.05) is 5.32 Å². The lowest BCUT2D eigenvalue weighted by Crippen LogP contribution is -2.20. The zero-order valence-electron chi connectivity index (χ0n) is 9.88. The first-order valence-corrected chi connectivity index (χ1v) is 5.51. The summed E-state index contributed by atoms with van der Waals surface area (Å²) >= 11 is 0. The minimum absolute atomic E-state index is 0.372. The van der Waals surface area contributed by atoms with Crippen LogP contribution >= 0.6 is 0 Å². The fourth-order valence-corrected chi connectivity index (χ4v) is 1.48. The van der Waals surface area contributed by atoms with Gasteiger partial charge in [0.25, 0.3) is 5.91 Å². The van der Waals surface area contributed by atoms with E-state index in [0.29, 0.717) is 5.82 Å². The average molecular weight is 240 g/mol. The van der Waals surface area contributed by atoms with Gasteiger partial charge < -0.3 is 5.32 Å². The van der Waals surface area contributed by atoms with Gasteiger partial charge in [0.2, 0.25) is 5.78 Å². The minimum atomic E-state index is -0.660. The molecule has 2 aromatic rings. The van der Waals surface area contributed by atoms with Crippen LogP contribution in [-0.2, 0) is 9.59 Å². The molecule has 1 amide bonds. The number of rotatable bonds is 3. The van der Waals surface area contributed by atoms with Crippen LogP contribution in [0.4, 0.5) is 5.82 Å². The van der Waals surface area contributed by atoms with Crippen LogP contribution in [0.5, 0.6) is 0 Å². The van der Waals surface area contributed by atoms with Gasteiger partial charge in [0, 0.05) is 12.5 Å². The molecule has 0 bridgehead atoms. The number of ketones is 1. The molecule has 0 unspecified atom stereocenters. The molecule has 0 atom stereocenters. The highest BCUT2D eigenvalue weighted by atomic mass is 16.2. The van der Waals surface area contributed by atoms with E-state index in [4.69, 9.17) is 0 Å². The van der Waals surface area contributed by atoms with Crippen molar-refractivity contribution in [1.29, 1.82) is 0 Å². The number of hydrogen-bond donors (Lipinski definition) is 1. The number of aromatic nitrogens is 1. The highest BCUT2D eigenvalue weighted by Crippen LogP contribution is 2.18. The maximum Gasteiger partial charge on any atom is 0.292 e. The monoisotopic (exact) mass is 240 g/mol. The standard InChI is InChI=1S/C14H12N2O2/c1-10(17)14(18)16-13-9-5-8-12(15-13)11-6-3-2-4-7-11/h2-9H,1H3,(H,15,16,18). The molecule has 0 saturated heterocycles. The van der Waals surface area contributed by atoms with E-state index in [1.54, 1.807) is 12.1 Å². The van der Waals surface area contributed by atoms with Crippen molar-refractivity contribution in [3.05, 3.63) is 48.5 Å². The number of pyridine rings is 1.